The molecule has 1 unspecified atom stereocenters. The fourth-order valence-electron chi connectivity index (χ4n) is 1.69. The lowest BCUT2D eigenvalue weighted by Crippen LogP contribution is -2.21. The number of aliphatic hydroxyl groups is 1. The summed E-state index contributed by atoms with van der Waals surface area (Å²) in [5.41, 5.74) is 0. The van der Waals surface area contributed by atoms with Gasteiger partial charge in [0, 0.05) is 18.9 Å². The molecule has 66 valence electrons. The van der Waals surface area contributed by atoms with Crippen LogP contribution in [-0.4, -0.2) is 17.6 Å². The summed E-state index contributed by atoms with van der Waals surface area (Å²) in [6.45, 7) is 0.0343. The third kappa shape index (κ3) is 2.12. The van der Waals surface area contributed by atoms with E-state index in [2.05, 4.69) is 0 Å². The predicted molar refractivity (Wildman–Crippen MR) is 38.6 cm³/mol. The van der Waals surface area contributed by atoms with E-state index >= 15 is 0 Å². The van der Waals surface area contributed by atoms with Gasteiger partial charge in [0.1, 0.15) is 0 Å². The second-order valence-electron chi connectivity index (χ2n) is 3.22. The molecule has 0 radical (unpaired) electrons. The number of hydrogen-bond donors (Lipinski definition) is 1. The number of alkyl halides is 2. The monoisotopic (exact) mass is 164 g/mol. The molecule has 0 spiro atoms. The van der Waals surface area contributed by atoms with Gasteiger partial charge in [-0.25, -0.2) is 8.78 Å². The zero-order valence-corrected chi connectivity index (χ0v) is 6.52. The maximum Gasteiger partial charge on any atom is 0.250 e. The number of halogens is 2. The maximum absolute atomic E-state index is 12.9. The molecule has 1 N–H and O–H groups in total. The lowest BCUT2D eigenvalue weighted by molar-refractivity contribution is -0.0408. The molecule has 0 saturated heterocycles. The molecule has 1 nitrogen and oxygen atoms in total. The molecule has 3 heteroatoms. The molecule has 1 fully saturated rings. The fourth-order valence-corrected chi connectivity index (χ4v) is 1.69. The van der Waals surface area contributed by atoms with Crippen molar-refractivity contribution >= 4 is 0 Å². The number of hydrogen-bond acceptors (Lipinski definition) is 1. The van der Waals surface area contributed by atoms with Crippen molar-refractivity contribution in [1.82, 2.24) is 0 Å². The van der Waals surface area contributed by atoms with Crippen LogP contribution in [0.25, 0.3) is 0 Å². The van der Waals surface area contributed by atoms with Crippen molar-refractivity contribution in [3.8, 4) is 0 Å². The molecule has 1 atom stereocenters. The minimum atomic E-state index is -2.45. The van der Waals surface area contributed by atoms with Crippen molar-refractivity contribution in [3.05, 3.63) is 0 Å². The first-order valence-electron chi connectivity index (χ1n) is 4.15. The van der Waals surface area contributed by atoms with E-state index in [4.69, 9.17) is 5.11 Å². The van der Waals surface area contributed by atoms with Crippen LogP contribution in [0, 0.1) is 5.92 Å². The van der Waals surface area contributed by atoms with Gasteiger partial charge in [-0.3, -0.25) is 0 Å². The van der Waals surface area contributed by atoms with Crippen LogP contribution in [0.5, 0.6) is 0 Å². The van der Waals surface area contributed by atoms with Gasteiger partial charge in [-0.05, 0) is 25.7 Å². The van der Waals surface area contributed by atoms with E-state index in [1.807, 2.05) is 0 Å². The zero-order valence-electron chi connectivity index (χ0n) is 6.52. The second-order valence-corrected chi connectivity index (χ2v) is 3.22. The summed E-state index contributed by atoms with van der Waals surface area (Å²) in [5.74, 6) is -2.91. The largest absolute Gasteiger partial charge is 0.396 e. The molecule has 0 aliphatic heterocycles. The number of rotatable bonds is 3. The number of aliphatic hydroxyl groups excluding tert-OH is 1. The Morgan fingerprint density at radius 3 is 2.64 bits per heavy atom. The van der Waals surface area contributed by atoms with Crippen molar-refractivity contribution in [3.63, 3.8) is 0 Å². The minimum absolute atomic E-state index is 0.0343. The van der Waals surface area contributed by atoms with Gasteiger partial charge in [0.25, 0.3) is 5.92 Å². The topological polar surface area (TPSA) is 20.2 Å². The molecule has 1 rings (SSSR count). The highest BCUT2D eigenvalue weighted by Gasteiger charge is 2.42. The lowest BCUT2D eigenvalue weighted by Gasteiger charge is -2.17. The average molecular weight is 164 g/mol. The Morgan fingerprint density at radius 1 is 1.45 bits per heavy atom. The highest BCUT2D eigenvalue weighted by Crippen LogP contribution is 2.42. The van der Waals surface area contributed by atoms with Crippen LogP contribution in [0.15, 0.2) is 0 Å². The van der Waals surface area contributed by atoms with Gasteiger partial charge in [0.15, 0.2) is 0 Å². The fraction of sp³-hybridized carbons (Fsp3) is 1.00. The van der Waals surface area contributed by atoms with Gasteiger partial charge in [0.05, 0.1) is 0 Å². The normalized spacial score (nSPS) is 29.2. The van der Waals surface area contributed by atoms with Crippen LogP contribution in [0.4, 0.5) is 8.78 Å². The SMILES string of the molecule is OCCCC1CCCC1(F)F. The van der Waals surface area contributed by atoms with E-state index in [0.29, 0.717) is 25.7 Å². The summed E-state index contributed by atoms with van der Waals surface area (Å²) in [4.78, 5) is 0. The van der Waals surface area contributed by atoms with Crippen molar-refractivity contribution in [2.45, 2.75) is 38.0 Å². The molecule has 1 aliphatic carbocycles. The van der Waals surface area contributed by atoms with Crippen LogP contribution < -0.4 is 0 Å². The highest BCUT2D eigenvalue weighted by atomic mass is 19.3. The molecule has 0 bridgehead atoms. The van der Waals surface area contributed by atoms with E-state index < -0.39 is 11.8 Å². The molecule has 0 amide bonds. The molecule has 11 heavy (non-hydrogen) atoms. The lowest BCUT2D eigenvalue weighted by atomic mass is 9.99. The summed E-state index contributed by atoms with van der Waals surface area (Å²) in [6, 6.07) is 0. The van der Waals surface area contributed by atoms with Crippen molar-refractivity contribution in [2.75, 3.05) is 6.61 Å². The van der Waals surface area contributed by atoms with Gasteiger partial charge < -0.3 is 5.11 Å². The van der Waals surface area contributed by atoms with Gasteiger partial charge in [0.2, 0.25) is 0 Å². The first-order valence-corrected chi connectivity index (χ1v) is 4.15. The third-order valence-electron chi connectivity index (χ3n) is 2.37. The first kappa shape index (κ1) is 8.91. The molecule has 0 aromatic carbocycles. The van der Waals surface area contributed by atoms with Gasteiger partial charge in [-0.2, -0.15) is 0 Å². The maximum atomic E-state index is 12.9. The van der Waals surface area contributed by atoms with Crippen molar-refractivity contribution in [2.24, 2.45) is 5.92 Å². The van der Waals surface area contributed by atoms with Gasteiger partial charge in [-0.15, -0.1) is 0 Å². The highest BCUT2D eigenvalue weighted by molar-refractivity contribution is 4.83. The first-order chi connectivity index (χ1) is 5.17. The molecule has 0 aromatic heterocycles. The Morgan fingerprint density at radius 2 is 2.18 bits per heavy atom. The van der Waals surface area contributed by atoms with Crippen LogP contribution in [0.1, 0.15) is 32.1 Å². The van der Waals surface area contributed by atoms with E-state index in [9.17, 15) is 8.78 Å². The smallest absolute Gasteiger partial charge is 0.250 e. The quantitative estimate of drug-likeness (QED) is 0.678. The van der Waals surface area contributed by atoms with Crippen LogP contribution in [0.2, 0.25) is 0 Å². The zero-order chi connectivity index (χ0) is 8.32. The molecule has 1 aliphatic rings. The minimum Gasteiger partial charge on any atom is -0.396 e. The van der Waals surface area contributed by atoms with Crippen LogP contribution >= 0.6 is 0 Å². The third-order valence-corrected chi connectivity index (χ3v) is 2.37. The Balaban J connectivity index is 2.32. The van der Waals surface area contributed by atoms with Gasteiger partial charge >= 0.3 is 0 Å². The van der Waals surface area contributed by atoms with E-state index in [1.165, 1.54) is 0 Å². The van der Waals surface area contributed by atoms with E-state index in [-0.39, 0.29) is 13.0 Å². The van der Waals surface area contributed by atoms with E-state index in [0.717, 1.165) is 0 Å². The average Bonchev–Trinajstić information content (AvgIpc) is 2.25. The van der Waals surface area contributed by atoms with Gasteiger partial charge in [-0.1, -0.05) is 0 Å². The molecule has 0 heterocycles. The van der Waals surface area contributed by atoms with Crippen molar-refractivity contribution < 1.29 is 13.9 Å². The summed E-state index contributed by atoms with van der Waals surface area (Å²) in [7, 11) is 0. The molecule has 0 aromatic rings. The summed E-state index contributed by atoms with van der Waals surface area (Å²) < 4.78 is 25.7. The molecule has 1 saturated carbocycles. The molecular weight excluding hydrogens is 150 g/mol. The van der Waals surface area contributed by atoms with E-state index in [1.54, 1.807) is 0 Å². The van der Waals surface area contributed by atoms with Crippen LogP contribution in [0.3, 0.4) is 0 Å². The Kier molecular flexibility index (Phi) is 2.82. The summed E-state index contributed by atoms with van der Waals surface area (Å²) >= 11 is 0. The summed E-state index contributed by atoms with van der Waals surface area (Å²) in [6.07, 6.45) is 2.31. The summed E-state index contributed by atoms with van der Waals surface area (Å²) in [5, 5.41) is 8.45. The molecular formula is C8H14F2O. The second kappa shape index (κ2) is 3.48. The standard InChI is InChI=1S/C8H14F2O/c9-8(10)5-1-3-7(8)4-2-6-11/h7,11H,1-6H2. The Labute approximate surface area is 65.4 Å². The Hall–Kier alpha value is -0.180. The van der Waals surface area contributed by atoms with Crippen LogP contribution in [-0.2, 0) is 0 Å². The van der Waals surface area contributed by atoms with Crippen molar-refractivity contribution in [1.29, 1.82) is 0 Å². The predicted octanol–water partition coefficient (Wildman–Crippen LogP) is 2.19. The Bertz CT molecular complexity index is 125.